The van der Waals surface area contributed by atoms with Gasteiger partial charge in [-0.25, -0.2) is 29.1 Å². The lowest BCUT2D eigenvalue weighted by molar-refractivity contribution is 0.0693. The van der Waals surface area contributed by atoms with E-state index in [4.69, 9.17) is 5.11 Å². The van der Waals surface area contributed by atoms with Crippen LogP contribution < -0.4 is 5.32 Å². The van der Waals surface area contributed by atoms with E-state index in [-0.39, 0.29) is 5.56 Å². The second-order valence-corrected chi connectivity index (χ2v) is 8.08. The van der Waals surface area contributed by atoms with Crippen LogP contribution in [0, 0.1) is 12.7 Å². The Morgan fingerprint density at radius 2 is 2.00 bits per heavy atom. The number of aromatic carboxylic acids is 1. The number of aryl methyl sites for hydroxylation is 1. The summed E-state index contributed by atoms with van der Waals surface area (Å²) in [7, 11) is 0. The molecule has 0 aliphatic carbocycles. The molecule has 4 rings (SSSR count). The van der Waals surface area contributed by atoms with Gasteiger partial charge in [0, 0.05) is 23.3 Å². The molecule has 3 aromatic heterocycles. The van der Waals surface area contributed by atoms with E-state index >= 15 is 0 Å². The summed E-state index contributed by atoms with van der Waals surface area (Å²) in [5.41, 5.74) is 0.963. The van der Waals surface area contributed by atoms with E-state index in [1.165, 1.54) is 22.7 Å². The molecule has 0 spiro atoms. The average Bonchev–Trinajstić information content (AvgIpc) is 3.35. The zero-order valence-corrected chi connectivity index (χ0v) is 17.1. The molecule has 3 heterocycles. The fourth-order valence-electron chi connectivity index (χ4n) is 2.71. The van der Waals surface area contributed by atoms with Crippen LogP contribution in [0.15, 0.2) is 36.0 Å². The first-order chi connectivity index (χ1) is 14.4. The molecule has 0 fully saturated rings. The zero-order valence-electron chi connectivity index (χ0n) is 15.5. The molecule has 1 aromatic carbocycles. The molecule has 30 heavy (non-hydrogen) atoms. The van der Waals surface area contributed by atoms with Crippen LogP contribution in [0.25, 0.3) is 21.1 Å². The Morgan fingerprint density at radius 3 is 2.73 bits per heavy atom. The number of hydrogen-bond donors (Lipinski definition) is 3. The quantitative estimate of drug-likeness (QED) is 0.406. The summed E-state index contributed by atoms with van der Waals surface area (Å²) in [6.45, 7) is 2.31. The molecule has 0 aliphatic heterocycles. The first-order valence-corrected chi connectivity index (χ1v) is 10.3. The number of hydrogen-bond acceptors (Lipinski definition) is 9. The molecular weight excluding hydrogens is 429 g/mol. The van der Waals surface area contributed by atoms with Gasteiger partial charge >= 0.3 is 5.97 Å². The van der Waals surface area contributed by atoms with Crippen LogP contribution in [0.1, 0.15) is 21.1 Å². The highest BCUT2D eigenvalue weighted by atomic mass is 32.1. The van der Waals surface area contributed by atoms with Gasteiger partial charge in [-0.3, -0.25) is 0 Å². The van der Waals surface area contributed by atoms with Gasteiger partial charge in [0.05, 0.1) is 22.8 Å². The fraction of sp³-hybridized carbons (Fsp3) is 0.105. The number of halogens is 1. The number of carboxylic acids is 1. The summed E-state index contributed by atoms with van der Waals surface area (Å²) < 4.78 is 14.4. The number of anilines is 1. The summed E-state index contributed by atoms with van der Waals surface area (Å²) in [5.74, 6) is -2.18. The first kappa shape index (κ1) is 19.9. The number of benzene rings is 1. The highest BCUT2D eigenvalue weighted by Gasteiger charge is 2.19. The van der Waals surface area contributed by atoms with Gasteiger partial charge in [-0.1, -0.05) is 0 Å². The molecule has 0 amide bonds. The Bertz CT molecular complexity index is 1230. The normalized spacial score (nSPS) is 10.9. The summed E-state index contributed by atoms with van der Waals surface area (Å²) in [6, 6.07) is 3.60. The summed E-state index contributed by atoms with van der Waals surface area (Å²) in [6.07, 6.45) is 3.29. The van der Waals surface area contributed by atoms with E-state index in [9.17, 15) is 14.3 Å². The highest BCUT2D eigenvalue weighted by Crippen LogP contribution is 2.36. The maximum atomic E-state index is 14.4. The molecule has 8 nitrogen and oxygen atoms in total. The van der Waals surface area contributed by atoms with Crippen LogP contribution in [0.4, 0.5) is 10.3 Å². The Morgan fingerprint density at radius 1 is 1.23 bits per heavy atom. The predicted molar refractivity (Wildman–Crippen MR) is 111 cm³/mol. The van der Waals surface area contributed by atoms with Gasteiger partial charge in [0.1, 0.15) is 27.1 Å². The van der Waals surface area contributed by atoms with E-state index in [0.29, 0.717) is 23.2 Å². The Balaban J connectivity index is 1.58. The maximum absolute atomic E-state index is 14.4. The van der Waals surface area contributed by atoms with Gasteiger partial charge < -0.3 is 15.5 Å². The molecule has 11 heteroatoms. The molecule has 0 radical (unpaired) electrons. The molecule has 0 saturated heterocycles. The molecule has 152 valence electrons. The molecule has 0 aliphatic rings. The molecular formula is C19H14FN5O3S2. The van der Waals surface area contributed by atoms with E-state index in [0.717, 1.165) is 27.7 Å². The van der Waals surface area contributed by atoms with Gasteiger partial charge in [0.25, 0.3) is 0 Å². The van der Waals surface area contributed by atoms with Gasteiger partial charge in [0.15, 0.2) is 0 Å². The number of aromatic hydroxyl groups is 1. The van der Waals surface area contributed by atoms with Crippen molar-refractivity contribution in [1.29, 1.82) is 0 Å². The van der Waals surface area contributed by atoms with Crippen molar-refractivity contribution in [1.82, 2.24) is 19.9 Å². The SMILES string of the molecule is Cc1nc(CNc2ncccn2)sc1-c1csc(-c2cc(O)c(C(=O)O)cc2F)n1. The molecule has 3 N–H and O–H groups in total. The number of aromatic nitrogens is 4. The number of carboxylic acid groups (broad SMARTS) is 1. The summed E-state index contributed by atoms with van der Waals surface area (Å²) in [5, 5.41) is 24.9. The molecule has 0 atom stereocenters. The van der Waals surface area contributed by atoms with E-state index in [1.807, 2.05) is 6.92 Å². The zero-order chi connectivity index (χ0) is 21.3. The third-order valence-corrected chi connectivity index (χ3v) is 6.14. The van der Waals surface area contributed by atoms with Crippen molar-refractivity contribution in [3.63, 3.8) is 0 Å². The van der Waals surface area contributed by atoms with Crippen LogP contribution in [0.5, 0.6) is 5.75 Å². The Hall–Kier alpha value is -3.44. The van der Waals surface area contributed by atoms with Crippen LogP contribution >= 0.6 is 22.7 Å². The molecule has 0 saturated carbocycles. The van der Waals surface area contributed by atoms with Gasteiger partial charge in [-0.05, 0) is 25.1 Å². The van der Waals surface area contributed by atoms with E-state index < -0.39 is 23.1 Å². The summed E-state index contributed by atoms with van der Waals surface area (Å²) >= 11 is 2.64. The monoisotopic (exact) mass is 443 g/mol. The summed E-state index contributed by atoms with van der Waals surface area (Å²) in [4.78, 5) is 29.1. The van der Waals surface area contributed by atoms with E-state index in [1.54, 1.807) is 23.8 Å². The topological polar surface area (TPSA) is 121 Å². The predicted octanol–water partition coefficient (Wildman–Crippen LogP) is 4.19. The molecule has 0 bridgehead atoms. The van der Waals surface area contributed by atoms with Crippen molar-refractivity contribution in [3.05, 3.63) is 58.1 Å². The third-order valence-electron chi connectivity index (χ3n) is 4.09. The van der Waals surface area contributed by atoms with Crippen LogP contribution in [-0.4, -0.2) is 36.1 Å². The number of phenols is 1. The van der Waals surface area contributed by atoms with Gasteiger partial charge in [-0.2, -0.15) is 0 Å². The number of nitrogens with zero attached hydrogens (tertiary/aromatic N) is 4. The van der Waals surface area contributed by atoms with Crippen LogP contribution in [0.3, 0.4) is 0 Å². The maximum Gasteiger partial charge on any atom is 0.339 e. The third kappa shape index (κ3) is 3.98. The van der Waals surface area contributed by atoms with Crippen molar-refractivity contribution in [2.45, 2.75) is 13.5 Å². The lowest BCUT2D eigenvalue weighted by Crippen LogP contribution is -2.02. The minimum absolute atomic E-state index is 0.0408. The van der Waals surface area contributed by atoms with Crippen LogP contribution in [0.2, 0.25) is 0 Å². The van der Waals surface area contributed by atoms with Crippen molar-refractivity contribution in [3.8, 4) is 26.9 Å². The van der Waals surface area contributed by atoms with E-state index in [2.05, 4.69) is 25.3 Å². The van der Waals surface area contributed by atoms with Crippen molar-refractivity contribution < 1.29 is 19.4 Å². The minimum Gasteiger partial charge on any atom is -0.507 e. The Labute approximate surface area is 177 Å². The van der Waals surface area contributed by atoms with Crippen LogP contribution in [-0.2, 0) is 6.54 Å². The van der Waals surface area contributed by atoms with Crippen molar-refractivity contribution >= 4 is 34.6 Å². The fourth-order valence-corrected chi connectivity index (χ4v) is 4.58. The van der Waals surface area contributed by atoms with Crippen molar-refractivity contribution in [2.24, 2.45) is 0 Å². The molecule has 4 aromatic rings. The Kier molecular flexibility index (Phi) is 5.38. The lowest BCUT2D eigenvalue weighted by Gasteiger charge is -2.04. The van der Waals surface area contributed by atoms with Gasteiger partial charge in [-0.15, -0.1) is 22.7 Å². The first-order valence-electron chi connectivity index (χ1n) is 8.61. The average molecular weight is 443 g/mol. The lowest BCUT2D eigenvalue weighted by atomic mass is 10.1. The number of rotatable bonds is 6. The second kappa shape index (κ2) is 8.13. The number of nitrogens with one attached hydrogen (secondary N) is 1. The largest absolute Gasteiger partial charge is 0.507 e. The standard InChI is InChI=1S/C19H14FN5O3S2/c1-9-16(30-15(24-9)7-23-19-21-3-2-4-22-19)13-8-29-17(25-13)10-6-14(26)11(18(27)28)5-12(10)20/h2-6,8,26H,7H2,1H3,(H,27,28)(H,21,22,23). The van der Waals surface area contributed by atoms with Crippen molar-refractivity contribution in [2.75, 3.05) is 5.32 Å². The highest BCUT2D eigenvalue weighted by molar-refractivity contribution is 7.16. The second-order valence-electron chi connectivity index (χ2n) is 6.14. The number of thiazole rings is 2. The smallest absolute Gasteiger partial charge is 0.339 e. The minimum atomic E-state index is -1.40. The molecule has 0 unspecified atom stereocenters. The van der Waals surface area contributed by atoms with Gasteiger partial charge in [0.2, 0.25) is 5.95 Å². The number of carbonyl (C=O) groups is 1.